The number of benzene rings is 1. The molecule has 1 saturated carbocycles. The van der Waals surface area contributed by atoms with E-state index in [4.69, 9.17) is 0 Å². The fourth-order valence-corrected chi connectivity index (χ4v) is 3.36. The Morgan fingerprint density at radius 1 is 1.23 bits per heavy atom. The summed E-state index contributed by atoms with van der Waals surface area (Å²) in [5.41, 5.74) is 4.91. The smallest absolute Gasteiger partial charge is 0.254 e. The highest BCUT2D eigenvalue weighted by Crippen LogP contribution is 2.35. The van der Waals surface area contributed by atoms with Crippen molar-refractivity contribution >= 4 is 5.91 Å². The number of rotatable bonds is 3. The Bertz CT molecular complexity index is 594. The van der Waals surface area contributed by atoms with Crippen molar-refractivity contribution in [3.8, 4) is 0 Å². The Kier molecular flexibility index (Phi) is 3.80. The Labute approximate surface area is 134 Å². The van der Waals surface area contributed by atoms with Crippen LogP contribution in [0.3, 0.4) is 0 Å². The van der Waals surface area contributed by atoms with Crippen LogP contribution in [0.1, 0.15) is 60.7 Å². The van der Waals surface area contributed by atoms with Crippen molar-refractivity contribution in [1.82, 2.24) is 9.80 Å². The van der Waals surface area contributed by atoms with Gasteiger partial charge in [-0.15, -0.1) is 0 Å². The minimum atomic E-state index is 0.0677. The molecule has 22 heavy (non-hydrogen) atoms. The van der Waals surface area contributed by atoms with Gasteiger partial charge in [0.25, 0.3) is 5.91 Å². The number of carbonyl (C=O) groups is 1. The van der Waals surface area contributed by atoms with Crippen LogP contribution in [0.4, 0.5) is 0 Å². The van der Waals surface area contributed by atoms with Crippen LogP contribution >= 0.6 is 0 Å². The van der Waals surface area contributed by atoms with Gasteiger partial charge in [0.2, 0.25) is 0 Å². The zero-order valence-corrected chi connectivity index (χ0v) is 14.6. The van der Waals surface area contributed by atoms with Crippen LogP contribution in [0.15, 0.2) is 12.1 Å². The fourth-order valence-electron chi connectivity index (χ4n) is 3.36. The van der Waals surface area contributed by atoms with E-state index >= 15 is 0 Å². The number of nitrogens with zero attached hydrogens (tertiary/aromatic N) is 2. The lowest BCUT2D eigenvalue weighted by Crippen LogP contribution is -2.40. The predicted molar refractivity (Wildman–Crippen MR) is 90.3 cm³/mol. The summed E-state index contributed by atoms with van der Waals surface area (Å²) in [6.45, 7) is 8.47. The zero-order valence-electron chi connectivity index (χ0n) is 14.6. The van der Waals surface area contributed by atoms with Gasteiger partial charge in [-0.2, -0.15) is 0 Å². The van der Waals surface area contributed by atoms with Gasteiger partial charge in [-0.05, 0) is 61.5 Å². The second-order valence-corrected chi connectivity index (χ2v) is 8.13. The summed E-state index contributed by atoms with van der Waals surface area (Å²) < 4.78 is 0. The van der Waals surface area contributed by atoms with Crippen molar-refractivity contribution in [1.29, 1.82) is 0 Å². The van der Waals surface area contributed by atoms with Crippen molar-refractivity contribution in [2.75, 3.05) is 20.6 Å². The summed E-state index contributed by atoms with van der Waals surface area (Å²) in [7, 11) is 4.19. The lowest BCUT2D eigenvalue weighted by Gasteiger charge is -2.32. The molecule has 1 fully saturated rings. The third kappa shape index (κ3) is 2.91. The summed E-state index contributed by atoms with van der Waals surface area (Å²) in [6, 6.07) is 4.99. The van der Waals surface area contributed by atoms with Gasteiger partial charge >= 0.3 is 0 Å². The van der Waals surface area contributed by atoms with Crippen LogP contribution in [0, 0.1) is 0 Å². The van der Waals surface area contributed by atoms with Crippen molar-refractivity contribution in [3.63, 3.8) is 0 Å². The highest BCUT2D eigenvalue weighted by atomic mass is 16.2. The molecule has 2 aliphatic rings. The Hall–Kier alpha value is -1.35. The zero-order chi connectivity index (χ0) is 16.1. The molecule has 0 spiro atoms. The van der Waals surface area contributed by atoms with Gasteiger partial charge in [-0.25, -0.2) is 0 Å². The molecule has 0 N–H and O–H groups in total. The maximum atomic E-state index is 12.9. The first-order valence-electron chi connectivity index (χ1n) is 8.39. The van der Waals surface area contributed by atoms with E-state index in [-0.39, 0.29) is 11.3 Å². The van der Waals surface area contributed by atoms with Crippen LogP contribution in [-0.4, -0.2) is 42.4 Å². The molecule has 3 nitrogen and oxygen atoms in total. The summed E-state index contributed by atoms with van der Waals surface area (Å²) in [6.07, 6.45) is 3.38. The Balaban J connectivity index is 2.07. The number of hydrogen-bond donors (Lipinski definition) is 0. The number of hydrogen-bond acceptors (Lipinski definition) is 2. The minimum Gasteiger partial charge on any atom is -0.335 e. The second-order valence-electron chi connectivity index (χ2n) is 8.13. The van der Waals surface area contributed by atoms with Crippen molar-refractivity contribution < 1.29 is 4.79 Å². The molecule has 1 heterocycles. The highest BCUT2D eigenvalue weighted by Gasteiger charge is 2.37. The van der Waals surface area contributed by atoms with Crippen molar-refractivity contribution in [2.45, 2.75) is 58.0 Å². The molecule has 3 heteroatoms. The van der Waals surface area contributed by atoms with Crippen LogP contribution in [0.25, 0.3) is 0 Å². The van der Waals surface area contributed by atoms with Crippen molar-refractivity contribution in [2.24, 2.45) is 0 Å². The summed E-state index contributed by atoms with van der Waals surface area (Å²) >= 11 is 0. The first-order chi connectivity index (χ1) is 10.3. The van der Waals surface area contributed by atoms with Crippen LogP contribution in [-0.2, 0) is 18.4 Å². The molecule has 1 aliphatic heterocycles. The van der Waals surface area contributed by atoms with E-state index in [1.54, 1.807) is 0 Å². The predicted octanol–water partition coefficient (Wildman–Crippen LogP) is 3.21. The van der Waals surface area contributed by atoms with Gasteiger partial charge in [0.15, 0.2) is 0 Å². The molecule has 0 bridgehead atoms. The molecule has 0 saturated heterocycles. The van der Waals surface area contributed by atoms with Crippen molar-refractivity contribution in [3.05, 3.63) is 34.4 Å². The Morgan fingerprint density at radius 2 is 1.91 bits per heavy atom. The first kappa shape index (κ1) is 15.5. The maximum Gasteiger partial charge on any atom is 0.254 e. The van der Waals surface area contributed by atoms with E-state index in [9.17, 15) is 4.79 Å². The van der Waals surface area contributed by atoms with Gasteiger partial charge in [0.1, 0.15) is 0 Å². The molecule has 0 unspecified atom stereocenters. The van der Waals surface area contributed by atoms with Gasteiger partial charge in [0.05, 0.1) is 0 Å². The van der Waals surface area contributed by atoms with E-state index < -0.39 is 0 Å². The van der Waals surface area contributed by atoms with Crippen LogP contribution < -0.4 is 0 Å². The number of fused-ring (bicyclic) bond motifs is 1. The molecule has 0 atom stereocenters. The quantitative estimate of drug-likeness (QED) is 0.856. The third-order valence-corrected chi connectivity index (χ3v) is 4.78. The lowest BCUT2D eigenvalue weighted by atomic mass is 9.81. The van der Waals surface area contributed by atoms with Crippen LogP contribution in [0.5, 0.6) is 0 Å². The summed E-state index contributed by atoms with van der Waals surface area (Å²) in [5, 5.41) is 0. The fraction of sp³-hybridized carbons (Fsp3) is 0.632. The monoisotopic (exact) mass is 300 g/mol. The summed E-state index contributed by atoms with van der Waals surface area (Å²) in [4.78, 5) is 17.2. The van der Waals surface area contributed by atoms with Gasteiger partial charge < -0.3 is 9.80 Å². The topological polar surface area (TPSA) is 23.6 Å². The molecule has 1 amide bonds. The molecule has 1 aromatic carbocycles. The molecule has 1 aromatic rings. The van der Waals surface area contributed by atoms with E-state index in [1.807, 2.05) is 0 Å². The molecule has 3 rings (SSSR count). The summed E-state index contributed by atoms with van der Waals surface area (Å²) in [5.74, 6) is 0.259. The van der Waals surface area contributed by atoms with E-state index in [2.05, 4.69) is 56.8 Å². The SMILES string of the molecule is CN(C)Cc1cc(C(C)(C)C)cc2c1CCN(C1CC1)C2=O. The van der Waals surface area contributed by atoms with Gasteiger partial charge in [-0.3, -0.25) is 4.79 Å². The molecule has 120 valence electrons. The number of amides is 1. The molecule has 0 aromatic heterocycles. The average molecular weight is 300 g/mol. The largest absolute Gasteiger partial charge is 0.335 e. The van der Waals surface area contributed by atoms with E-state index in [0.29, 0.717) is 6.04 Å². The Morgan fingerprint density at radius 3 is 2.45 bits per heavy atom. The third-order valence-electron chi connectivity index (χ3n) is 4.78. The van der Waals surface area contributed by atoms with Gasteiger partial charge in [-0.1, -0.05) is 26.8 Å². The van der Waals surface area contributed by atoms with E-state index in [0.717, 1.165) is 25.1 Å². The van der Waals surface area contributed by atoms with E-state index in [1.165, 1.54) is 29.5 Å². The second kappa shape index (κ2) is 5.38. The minimum absolute atomic E-state index is 0.0677. The lowest BCUT2D eigenvalue weighted by molar-refractivity contribution is 0.0726. The normalized spacial score (nSPS) is 18.8. The molecule has 0 radical (unpaired) electrons. The highest BCUT2D eigenvalue weighted by molar-refractivity contribution is 5.97. The first-order valence-corrected chi connectivity index (χ1v) is 8.39. The standard InChI is InChI=1S/C19H28N2O/c1-19(2,3)14-10-13(12-20(4)5)16-8-9-21(15-6-7-15)18(22)17(16)11-14/h10-11,15H,6-9,12H2,1-5H3. The number of carbonyl (C=O) groups excluding carboxylic acids is 1. The average Bonchev–Trinajstić information content (AvgIpc) is 3.22. The van der Waals surface area contributed by atoms with Crippen LogP contribution in [0.2, 0.25) is 0 Å². The molecular weight excluding hydrogens is 272 g/mol. The maximum absolute atomic E-state index is 12.9. The molecule has 1 aliphatic carbocycles. The van der Waals surface area contributed by atoms with Gasteiger partial charge in [0, 0.05) is 24.7 Å². The molecular formula is C19H28N2O.